The molecule has 0 aromatic heterocycles. The lowest BCUT2D eigenvalue weighted by Gasteiger charge is -2.20. The molecule has 5 aliphatic rings. The number of rotatable bonds is 6. The number of aliphatic carboxylic acids is 2. The molecule has 0 radical (unpaired) electrons. The quantitative estimate of drug-likeness (QED) is 0.317. The molecule has 0 aliphatic carbocycles. The van der Waals surface area contributed by atoms with Crippen LogP contribution in [0.2, 0.25) is 0 Å². The molecule has 0 fully saturated rings. The maximum atomic E-state index is 11.5. The Balaban J connectivity index is 1.76. The number of nitrogens with zero attached hydrogens (tertiary/aromatic N) is 3. The van der Waals surface area contributed by atoms with Gasteiger partial charge < -0.3 is 20.6 Å². The van der Waals surface area contributed by atoms with E-state index in [9.17, 15) is 24.9 Å². The van der Waals surface area contributed by atoms with Crippen LogP contribution in [0, 0.1) is 5.41 Å². The van der Waals surface area contributed by atoms with Gasteiger partial charge in [0, 0.05) is 18.5 Å². The average molecular weight is 555 g/mol. The highest BCUT2D eigenvalue weighted by molar-refractivity contribution is 6.18. The van der Waals surface area contributed by atoms with Crippen molar-refractivity contribution in [2.24, 2.45) is 20.4 Å². The Bertz CT molecular complexity index is 1660. The van der Waals surface area contributed by atoms with Crippen LogP contribution in [0.4, 0.5) is 0 Å². The highest BCUT2D eigenvalue weighted by Gasteiger charge is 2.38. The Morgan fingerprint density at radius 1 is 0.707 bits per heavy atom. The summed E-state index contributed by atoms with van der Waals surface area (Å²) in [6, 6.07) is 0. The van der Waals surface area contributed by atoms with Crippen molar-refractivity contribution in [2.45, 2.75) is 67.2 Å². The van der Waals surface area contributed by atoms with Gasteiger partial charge in [-0.2, -0.15) is 0 Å². The van der Waals surface area contributed by atoms with Crippen molar-refractivity contribution in [3.05, 3.63) is 92.0 Å². The van der Waals surface area contributed by atoms with E-state index in [4.69, 9.17) is 15.0 Å². The predicted octanol–water partition coefficient (Wildman–Crippen LogP) is 6.00. The fraction of sp³-hybridized carbons (Fsp3) is 0.344. The number of hydrogen-bond donors (Lipinski definition) is 4. The standard InChI is InChI=1S/C32H34N4O5/c1-15-16(2)22-12-27-31(41)32(5,6)28(36-27)14-24-18(4)20(8-10-30(39)40)26(35-24)13-25-19(7-9-29(37)38)17(3)23(34-25)11-21(15)33-22/h11-14,36,41H,7-10H2,1-6H3,(H,37,38)(H,39,40). The molecular formula is C32H34N4O5. The molecule has 8 bridgehead atoms. The molecule has 5 rings (SSSR count). The Hall–Kier alpha value is -4.53. The summed E-state index contributed by atoms with van der Waals surface area (Å²) in [5.74, 6) is -1.61. The van der Waals surface area contributed by atoms with E-state index in [0.29, 0.717) is 34.9 Å². The summed E-state index contributed by atoms with van der Waals surface area (Å²) in [6.45, 7) is 11.7. The highest BCUT2D eigenvalue weighted by Crippen LogP contribution is 2.42. The summed E-state index contributed by atoms with van der Waals surface area (Å²) in [7, 11) is 0. The number of aliphatic hydroxyl groups excluding tert-OH is 1. The minimum absolute atomic E-state index is 0.0469. The van der Waals surface area contributed by atoms with Crippen molar-refractivity contribution in [3.8, 4) is 0 Å². The number of allylic oxidation sites excluding steroid dienone is 10. The summed E-state index contributed by atoms with van der Waals surface area (Å²) in [5.41, 5.74) is 9.95. The van der Waals surface area contributed by atoms with E-state index < -0.39 is 17.4 Å². The van der Waals surface area contributed by atoms with Crippen molar-refractivity contribution in [2.75, 3.05) is 0 Å². The summed E-state index contributed by atoms with van der Waals surface area (Å²) < 4.78 is 0. The van der Waals surface area contributed by atoms with Crippen LogP contribution < -0.4 is 5.32 Å². The fourth-order valence-electron chi connectivity index (χ4n) is 5.51. The van der Waals surface area contributed by atoms with Crippen molar-refractivity contribution >= 4 is 29.1 Å². The third-order valence-electron chi connectivity index (χ3n) is 8.42. The number of carboxylic acids is 2. The normalized spacial score (nSPS) is 21.4. The Kier molecular flexibility index (Phi) is 6.93. The second kappa shape index (κ2) is 10.1. The first kappa shape index (κ1) is 28.0. The minimum Gasteiger partial charge on any atom is -0.509 e. The van der Waals surface area contributed by atoms with Crippen LogP contribution in [0.1, 0.15) is 67.2 Å². The number of carbonyl (C=O) groups is 2. The molecule has 9 heteroatoms. The van der Waals surface area contributed by atoms with Crippen molar-refractivity contribution in [1.82, 2.24) is 5.32 Å². The number of nitrogens with one attached hydrogen (secondary N) is 1. The average Bonchev–Trinajstić information content (AvgIpc) is 3.51. The molecule has 5 heterocycles. The van der Waals surface area contributed by atoms with E-state index in [0.717, 1.165) is 50.5 Å². The molecule has 0 saturated heterocycles. The van der Waals surface area contributed by atoms with Crippen molar-refractivity contribution in [1.29, 1.82) is 0 Å². The molecule has 0 amide bonds. The highest BCUT2D eigenvalue weighted by atomic mass is 16.4. The maximum absolute atomic E-state index is 11.5. The lowest BCUT2D eigenvalue weighted by atomic mass is 9.87. The van der Waals surface area contributed by atoms with E-state index in [1.807, 2.05) is 65.8 Å². The van der Waals surface area contributed by atoms with E-state index >= 15 is 0 Å². The molecule has 0 saturated carbocycles. The summed E-state index contributed by atoms with van der Waals surface area (Å²) >= 11 is 0. The van der Waals surface area contributed by atoms with Gasteiger partial charge in [-0.25, -0.2) is 15.0 Å². The van der Waals surface area contributed by atoms with Gasteiger partial charge in [-0.05, 0) is 112 Å². The number of aliphatic hydroxyl groups is 1. The third kappa shape index (κ3) is 4.96. The molecular weight excluding hydrogens is 520 g/mol. The second-order valence-electron chi connectivity index (χ2n) is 11.4. The lowest BCUT2D eigenvalue weighted by Crippen LogP contribution is -2.19. The first-order chi connectivity index (χ1) is 19.3. The Morgan fingerprint density at radius 3 is 1.90 bits per heavy atom. The van der Waals surface area contributed by atoms with Crippen molar-refractivity contribution < 1.29 is 24.9 Å². The van der Waals surface area contributed by atoms with Crippen LogP contribution in [-0.4, -0.2) is 44.4 Å². The molecule has 9 nitrogen and oxygen atoms in total. The van der Waals surface area contributed by atoms with Gasteiger partial charge in [0.1, 0.15) is 5.76 Å². The van der Waals surface area contributed by atoms with Crippen LogP contribution in [0.5, 0.6) is 0 Å². The second-order valence-corrected chi connectivity index (χ2v) is 11.4. The van der Waals surface area contributed by atoms with Gasteiger partial charge in [0.05, 0.1) is 45.3 Å². The number of carboxylic acid groups (broad SMARTS) is 2. The summed E-state index contributed by atoms with van der Waals surface area (Å²) in [6.07, 6.45) is 7.97. The molecule has 4 N–H and O–H groups in total. The van der Waals surface area contributed by atoms with Gasteiger partial charge in [0.15, 0.2) is 0 Å². The maximum Gasteiger partial charge on any atom is 0.303 e. The van der Waals surface area contributed by atoms with Gasteiger partial charge >= 0.3 is 11.9 Å². The van der Waals surface area contributed by atoms with Crippen LogP contribution in [0.25, 0.3) is 0 Å². The van der Waals surface area contributed by atoms with Gasteiger partial charge in [0.2, 0.25) is 0 Å². The SMILES string of the molecule is CC1=C(C)C2=NC1=CC1=C(O)C(C)(C)C(=CC3=NC(=CC4=NC(=C2)C(C)=C4CCC(=O)O)C(CCC(=O)O)=C3C)N1. The summed E-state index contributed by atoms with van der Waals surface area (Å²) in [4.78, 5) is 37.7. The Labute approximate surface area is 238 Å². The first-order valence-corrected chi connectivity index (χ1v) is 13.6. The molecule has 212 valence electrons. The molecule has 0 atom stereocenters. The third-order valence-corrected chi connectivity index (χ3v) is 8.42. The lowest BCUT2D eigenvalue weighted by molar-refractivity contribution is -0.137. The zero-order valence-corrected chi connectivity index (χ0v) is 24.1. The van der Waals surface area contributed by atoms with E-state index in [1.165, 1.54) is 0 Å². The molecule has 41 heavy (non-hydrogen) atoms. The first-order valence-electron chi connectivity index (χ1n) is 13.6. The van der Waals surface area contributed by atoms with Gasteiger partial charge in [-0.1, -0.05) is 0 Å². The number of fused-ring (bicyclic) bond motifs is 5. The largest absolute Gasteiger partial charge is 0.509 e. The predicted molar refractivity (Wildman–Crippen MR) is 159 cm³/mol. The molecule has 0 spiro atoms. The molecule has 0 aromatic rings. The zero-order chi connectivity index (χ0) is 29.8. The summed E-state index contributed by atoms with van der Waals surface area (Å²) in [5, 5.41) is 33.4. The molecule has 0 unspecified atom stereocenters. The zero-order valence-electron chi connectivity index (χ0n) is 24.1. The van der Waals surface area contributed by atoms with E-state index in [-0.39, 0.29) is 25.0 Å². The fourth-order valence-corrected chi connectivity index (χ4v) is 5.51. The van der Waals surface area contributed by atoms with E-state index in [1.54, 1.807) is 0 Å². The van der Waals surface area contributed by atoms with E-state index in [2.05, 4.69) is 5.32 Å². The Morgan fingerprint density at radius 2 is 1.24 bits per heavy atom. The van der Waals surface area contributed by atoms with Gasteiger partial charge in [-0.15, -0.1) is 0 Å². The van der Waals surface area contributed by atoms with Crippen LogP contribution in [0.3, 0.4) is 0 Å². The van der Waals surface area contributed by atoms with Crippen LogP contribution in [0.15, 0.2) is 107 Å². The monoisotopic (exact) mass is 554 g/mol. The van der Waals surface area contributed by atoms with Crippen LogP contribution in [-0.2, 0) is 9.59 Å². The van der Waals surface area contributed by atoms with Gasteiger partial charge in [-0.3, -0.25) is 9.59 Å². The van der Waals surface area contributed by atoms with Gasteiger partial charge in [0.25, 0.3) is 0 Å². The molecule has 0 aromatic carbocycles. The number of hydrogen-bond acceptors (Lipinski definition) is 7. The number of aliphatic imine (C=N–C) groups is 3. The van der Waals surface area contributed by atoms with Crippen LogP contribution >= 0.6 is 0 Å². The van der Waals surface area contributed by atoms with Crippen molar-refractivity contribution in [3.63, 3.8) is 0 Å². The smallest absolute Gasteiger partial charge is 0.303 e. The topological polar surface area (TPSA) is 144 Å². The molecule has 5 aliphatic heterocycles. The minimum atomic E-state index is -0.906.